The zero-order valence-corrected chi connectivity index (χ0v) is 11.3. The van der Waals surface area contributed by atoms with Crippen molar-refractivity contribution in [1.82, 2.24) is 0 Å². The van der Waals surface area contributed by atoms with Crippen LogP contribution in [0, 0.1) is 13.8 Å². The van der Waals surface area contributed by atoms with Gasteiger partial charge in [0.05, 0.1) is 6.54 Å². The summed E-state index contributed by atoms with van der Waals surface area (Å²) in [7, 11) is 0. The maximum atomic E-state index is 6.31. The Bertz CT molecular complexity index is 557. The van der Waals surface area contributed by atoms with Crippen LogP contribution in [0.15, 0.2) is 10.5 Å². The van der Waals surface area contributed by atoms with Gasteiger partial charge in [0.25, 0.3) is 0 Å². The number of benzene rings is 1. The first-order valence-corrected chi connectivity index (χ1v) is 6.38. The largest absolute Gasteiger partial charge is 0.459 e. The van der Waals surface area contributed by atoms with Crippen molar-refractivity contribution in [2.45, 2.75) is 40.2 Å². The third-order valence-electron chi connectivity index (χ3n) is 3.20. The molecule has 0 aliphatic rings. The Kier molecular flexibility index (Phi) is 3.45. The average molecular weight is 252 g/mol. The predicted molar refractivity (Wildman–Crippen MR) is 72.6 cm³/mol. The molecule has 0 aliphatic heterocycles. The Balaban J connectivity index is 2.80. The molecule has 0 unspecified atom stereocenters. The molecule has 0 atom stereocenters. The van der Waals surface area contributed by atoms with E-state index in [1.54, 1.807) is 0 Å². The van der Waals surface area contributed by atoms with Crippen molar-refractivity contribution in [1.29, 1.82) is 0 Å². The van der Waals surface area contributed by atoms with Gasteiger partial charge in [0.1, 0.15) is 11.3 Å². The van der Waals surface area contributed by atoms with E-state index >= 15 is 0 Å². The molecule has 17 heavy (non-hydrogen) atoms. The van der Waals surface area contributed by atoms with Crippen molar-refractivity contribution in [2.24, 2.45) is 5.73 Å². The first kappa shape index (κ1) is 12.5. The monoisotopic (exact) mass is 251 g/mol. The van der Waals surface area contributed by atoms with E-state index in [0.29, 0.717) is 6.54 Å². The highest BCUT2D eigenvalue weighted by molar-refractivity contribution is 6.33. The van der Waals surface area contributed by atoms with Crippen molar-refractivity contribution < 1.29 is 4.42 Å². The highest BCUT2D eigenvalue weighted by Gasteiger charge is 2.17. The van der Waals surface area contributed by atoms with Crippen LogP contribution in [0.4, 0.5) is 0 Å². The number of rotatable bonds is 3. The Hall–Kier alpha value is -0.990. The number of furan rings is 1. The van der Waals surface area contributed by atoms with Gasteiger partial charge in [0.15, 0.2) is 0 Å². The zero-order chi connectivity index (χ0) is 12.6. The predicted octanol–water partition coefficient (Wildman–Crippen LogP) is 4.11. The Labute approximate surface area is 107 Å². The number of halogens is 1. The van der Waals surface area contributed by atoms with Gasteiger partial charge in [-0.25, -0.2) is 0 Å². The van der Waals surface area contributed by atoms with Crippen LogP contribution in [0.25, 0.3) is 11.0 Å². The van der Waals surface area contributed by atoms with Gasteiger partial charge in [-0.1, -0.05) is 24.9 Å². The topological polar surface area (TPSA) is 39.2 Å². The third kappa shape index (κ3) is 1.96. The highest BCUT2D eigenvalue weighted by atomic mass is 35.5. The maximum absolute atomic E-state index is 6.31. The van der Waals surface area contributed by atoms with Gasteiger partial charge in [0.2, 0.25) is 0 Å². The summed E-state index contributed by atoms with van der Waals surface area (Å²) in [5.41, 5.74) is 10.0. The van der Waals surface area contributed by atoms with E-state index in [9.17, 15) is 0 Å². The van der Waals surface area contributed by atoms with E-state index in [4.69, 9.17) is 21.8 Å². The fourth-order valence-electron chi connectivity index (χ4n) is 2.39. The van der Waals surface area contributed by atoms with Gasteiger partial charge in [-0.2, -0.15) is 0 Å². The van der Waals surface area contributed by atoms with Crippen LogP contribution >= 0.6 is 11.6 Å². The van der Waals surface area contributed by atoms with E-state index in [0.717, 1.165) is 45.7 Å². The van der Waals surface area contributed by atoms with Crippen LogP contribution in [-0.2, 0) is 13.0 Å². The fraction of sp³-hybridized carbons (Fsp3) is 0.429. The van der Waals surface area contributed by atoms with E-state index in [-0.39, 0.29) is 0 Å². The number of hydrogen-bond acceptors (Lipinski definition) is 2. The number of aryl methyl sites for hydroxylation is 3. The molecule has 1 aromatic carbocycles. The van der Waals surface area contributed by atoms with Crippen LogP contribution in [0.2, 0.25) is 5.02 Å². The van der Waals surface area contributed by atoms with E-state index in [1.807, 2.05) is 19.9 Å². The summed E-state index contributed by atoms with van der Waals surface area (Å²) in [6.07, 6.45) is 2.06. The Morgan fingerprint density at radius 1 is 1.35 bits per heavy atom. The van der Waals surface area contributed by atoms with Crippen molar-refractivity contribution in [3.63, 3.8) is 0 Å². The normalized spacial score (nSPS) is 11.4. The summed E-state index contributed by atoms with van der Waals surface area (Å²) in [5.74, 6) is 0.895. The quantitative estimate of drug-likeness (QED) is 0.892. The molecule has 0 radical (unpaired) electrons. The molecule has 0 spiro atoms. The summed E-state index contributed by atoms with van der Waals surface area (Å²) in [6.45, 7) is 6.65. The van der Waals surface area contributed by atoms with Crippen LogP contribution in [-0.4, -0.2) is 0 Å². The second kappa shape index (κ2) is 4.71. The lowest BCUT2D eigenvalue weighted by molar-refractivity contribution is 0.544. The molecule has 3 heteroatoms. The molecule has 2 nitrogen and oxygen atoms in total. The van der Waals surface area contributed by atoms with Gasteiger partial charge in [-0.05, 0) is 37.5 Å². The first-order valence-electron chi connectivity index (χ1n) is 6.00. The second-order valence-electron chi connectivity index (χ2n) is 4.46. The van der Waals surface area contributed by atoms with Crippen molar-refractivity contribution in [2.75, 3.05) is 0 Å². The summed E-state index contributed by atoms with van der Waals surface area (Å²) >= 11 is 6.31. The lowest BCUT2D eigenvalue weighted by Gasteiger charge is -2.05. The average Bonchev–Trinajstić information content (AvgIpc) is 2.65. The van der Waals surface area contributed by atoms with Gasteiger partial charge in [-0.15, -0.1) is 0 Å². The molecule has 0 saturated carbocycles. The van der Waals surface area contributed by atoms with Crippen LogP contribution in [0.5, 0.6) is 0 Å². The molecule has 0 bridgehead atoms. The van der Waals surface area contributed by atoms with E-state index < -0.39 is 0 Å². The minimum Gasteiger partial charge on any atom is -0.459 e. The van der Waals surface area contributed by atoms with Crippen molar-refractivity contribution >= 4 is 22.6 Å². The van der Waals surface area contributed by atoms with Gasteiger partial charge >= 0.3 is 0 Å². The van der Waals surface area contributed by atoms with Crippen LogP contribution < -0.4 is 5.73 Å². The molecule has 1 aromatic heterocycles. The van der Waals surface area contributed by atoms with Gasteiger partial charge < -0.3 is 10.2 Å². The second-order valence-corrected chi connectivity index (χ2v) is 4.84. The first-order chi connectivity index (χ1) is 8.10. The maximum Gasteiger partial charge on any atom is 0.135 e. The summed E-state index contributed by atoms with van der Waals surface area (Å²) < 4.78 is 5.83. The number of hydrogen-bond donors (Lipinski definition) is 1. The molecule has 2 N–H and O–H groups in total. The molecule has 0 amide bonds. The van der Waals surface area contributed by atoms with E-state index in [2.05, 4.69) is 6.92 Å². The molecule has 92 valence electrons. The summed E-state index contributed by atoms with van der Waals surface area (Å²) in [4.78, 5) is 0. The Morgan fingerprint density at radius 3 is 2.65 bits per heavy atom. The third-order valence-corrected chi connectivity index (χ3v) is 3.78. The molecule has 0 saturated heterocycles. The summed E-state index contributed by atoms with van der Waals surface area (Å²) in [5, 5.41) is 1.99. The van der Waals surface area contributed by atoms with Crippen LogP contribution in [0.3, 0.4) is 0 Å². The SMILES string of the molecule is CCCc1c(CN)oc2cc(C)c(Cl)c(C)c12. The molecular weight excluding hydrogens is 234 g/mol. The van der Waals surface area contributed by atoms with Crippen LogP contribution in [0.1, 0.15) is 35.8 Å². The number of fused-ring (bicyclic) bond motifs is 1. The summed E-state index contributed by atoms with van der Waals surface area (Å²) in [6, 6.07) is 2.00. The standard InChI is InChI=1S/C14H18ClNO/c1-4-5-10-12(7-16)17-11-6-8(2)14(15)9(3)13(10)11/h6H,4-5,7,16H2,1-3H3. The molecule has 0 aliphatic carbocycles. The number of nitrogens with two attached hydrogens (primary N) is 1. The highest BCUT2D eigenvalue weighted by Crippen LogP contribution is 2.35. The lowest BCUT2D eigenvalue weighted by atomic mass is 10.00. The molecular formula is C14H18ClNO. The minimum absolute atomic E-state index is 0.445. The van der Waals surface area contributed by atoms with Gasteiger partial charge in [-0.3, -0.25) is 0 Å². The zero-order valence-electron chi connectivity index (χ0n) is 10.6. The smallest absolute Gasteiger partial charge is 0.135 e. The molecule has 0 fully saturated rings. The Morgan fingerprint density at radius 2 is 2.06 bits per heavy atom. The fourth-order valence-corrected chi connectivity index (χ4v) is 2.54. The minimum atomic E-state index is 0.445. The molecule has 2 aromatic rings. The van der Waals surface area contributed by atoms with Gasteiger partial charge in [0, 0.05) is 16.0 Å². The van der Waals surface area contributed by atoms with Crippen molar-refractivity contribution in [3.05, 3.63) is 33.5 Å². The van der Waals surface area contributed by atoms with E-state index in [1.165, 1.54) is 5.56 Å². The van der Waals surface area contributed by atoms with Crippen molar-refractivity contribution in [3.8, 4) is 0 Å². The molecule has 1 heterocycles. The lowest BCUT2D eigenvalue weighted by Crippen LogP contribution is -1.98. The molecule has 2 rings (SSSR count).